The summed E-state index contributed by atoms with van der Waals surface area (Å²) in [7, 11) is 1.90. The van der Waals surface area contributed by atoms with Crippen molar-refractivity contribution >= 4 is 11.0 Å². The van der Waals surface area contributed by atoms with Crippen LogP contribution in [-0.2, 0) is 7.05 Å². The Bertz CT molecular complexity index is 718. The fraction of sp³-hybridized carbons (Fsp3) is 0.294. The summed E-state index contributed by atoms with van der Waals surface area (Å²) in [5.41, 5.74) is 8.61. The van der Waals surface area contributed by atoms with E-state index in [4.69, 9.17) is 14.9 Å². The van der Waals surface area contributed by atoms with Gasteiger partial charge >= 0.3 is 6.08 Å². The van der Waals surface area contributed by atoms with Crippen molar-refractivity contribution in [1.29, 1.82) is 0 Å². The van der Waals surface area contributed by atoms with Crippen LogP contribution in [-0.4, -0.2) is 6.04 Å². The molecule has 0 amide bonds. The van der Waals surface area contributed by atoms with E-state index in [1.54, 1.807) is 0 Å². The quantitative estimate of drug-likeness (QED) is 0.407. The zero-order valence-corrected chi connectivity index (χ0v) is 13.0. The number of benzene rings is 1. The second-order valence-electron chi connectivity index (χ2n) is 5.07. The van der Waals surface area contributed by atoms with Crippen molar-refractivity contribution in [1.82, 2.24) is 0 Å². The second-order valence-corrected chi connectivity index (χ2v) is 5.07. The van der Waals surface area contributed by atoms with Gasteiger partial charge in [0.25, 0.3) is 11.3 Å². The van der Waals surface area contributed by atoms with E-state index in [2.05, 4.69) is 6.58 Å². The molecule has 4 nitrogen and oxygen atoms in total. The van der Waals surface area contributed by atoms with Gasteiger partial charge in [-0.25, -0.2) is 9.15 Å². The molecule has 1 aromatic heterocycles. The number of ether oxygens (including phenoxy) is 1. The van der Waals surface area contributed by atoms with Crippen molar-refractivity contribution in [2.45, 2.75) is 26.8 Å². The highest BCUT2D eigenvalue weighted by atomic mass is 16.6. The number of para-hydroxylation sites is 1. The van der Waals surface area contributed by atoms with Gasteiger partial charge in [-0.3, -0.25) is 0 Å². The van der Waals surface area contributed by atoms with E-state index in [0.717, 1.165) is 22.2 Å². The van der Waals surface area contributed by atoms with Gasteiger partial charge in [-0.1, -0.05) is 22.8 Å². The van der Waals surface area contributed by atoms with Gasteiger partial charge in [0.2, 0.25) is 5.69 Å². The first-order valence-electron chi connectivity index (χ1n) is 6.96. The van der Waals surface area contributed by atoms with Crippen molar-refractivity contribution in [2.24, 2.45) is 12.8 Å². The Morgan fingerprint density at radius 1 is 1.43 bits per heavy atom. The summed E-state index contributed by atoms with van der Waals surface area (Å²) in [6, 6.07) is 7.71. The van der Waals surface area contributed by atoms with Gasteiger partial charge in [0.05, 0.1) is 0 Å². The summed E-state index contributed by atoms with van der Waals surface area (Å²) in [6.07, 6.45) is 2.29. The molecule has 0 aliphatic carbocycles. The van der Waals surface area contributed by atoms with Gasteiger partial charge in [-0.15, -0.1) is 0 Å². The average molecular weight is 286 g/mol. The molecule has 0 aliphatic rings. The zero-order chi connectivity index (χ0) is 15.6. The Balaban J connectivity index is 2.44. The predicted molar refractivity (Wildman–Crippen MR) is 83.7 cm³/mol. The lowest BCUT2D eigenvalue weighted by atomic mass is 10.1. The monoisotopic (exact) mass is 286 g/mol. The molecule has 2 rings (SSSR count). The largest absolute Gasteiger partial charge is 0.800 e. The van der Waals surface area contributed by atoms with E-state index in [0.29, 0.717) is 11.8 Å². The lowest BCUT2D eigenvalue weighted by Gasteiger charge is -2.06. The van der Waals surface area contributed by atoms with Crippen LogP contribution in [0, 0.1) is 6.92 Å². The molecular weight excluding hydrogens is 264 g/mol. The maximum absolute atomic E-state index is 5.91. The molecule has 4 heteroatoms. The Morgan fingerprint density at radius 3 is 2.71 bits per heavy atom. The second kappa shape index (κ2) is 6.06. The van der Waals surface area contributed by atoms with Crippen LogP contribution in [0.4, 0.5) is 0 Å². The Labute approximate surface area is 125 Å². The summed E-state index contributed by atoms with van der Waals surface area (Å²) >= 11 is 0. The first-order valence-corrected chi connectivity index (χ1v) is 6.96. The molecule has 1 aromatic carbocycles. The highest BCUT2D eigenvalue weighted by molar-refractivity contribution is 5.77. The van der Waals surface area contributed by atoms with Crippen LogP contribution in [0.1, 0.15) is 19.5 Å². The first-order chi connectivity index (χ1) is 9.95. The molecule has 1 atom stereocenters. The number of fused-ring (bicyclic) bond motifs is 1. The summed E-state index contributed by atoms with van der Waals surface area (Å²) in [4.78, 5) is 0. The summed E-state index contributed by atoms with van der Waals surface area (Å²) < 4.78 is 13.5. The van der Waals surface area contributed by atoms with E-state index in [-0.39, 0.29) is 6.04 Å². The number of hydrogen-bond donors (Lipinski definition) is 1. The molecule has 2 aromatic rings. The van der Waals surface area contributed by atoms with E-state index >= 15 is 0 Å². The van der Waals surface area contributed by atoms with Gasteiger partial charge in [-0.05, 0) is 26.5 Å². The third-order valence-corrected chi connectivity index (χ3v) is 3.59. The van der Waals surface area contributed by atoms with E-state index < -0.39 is 0 Å². The topological polar surface area (TPSA) is 50.4 Å². The number of nitrogens with two attached hydrogens (primary N) is 1. The third kappa shape index (κ3) is 2.95. The van der Waals surface area contributed by atoms with Gasteiger partial charge in [0.1, 0.15) is 5.39 Å². The standard InChI is InChI=1S/C17H22N2O2/c1-6-14(11(2)18)13(4)20-17-19(5)12(3)15-9-7-8-10-16(15)21-17/h6-11H,4,18H2,1-3,5H3/q+2/b14-6-. The normalized spacial score (nSPS) is 13.3. The molecular formula is C17H22N2O2+2. The lowest BCUT2D eigenvalue weighted by Crippen LogP contribution is -2.35. The fourth-order valence-electron chi connectivity index (χ4n) is 2.27. The molecule has 0 bridgehead atoms. The molecule has 0 radical (unpaired) electrons. The highest BCUT2D eigenvalue weighted by Gasteiger charge is 2.32. The third-order valence-electron chi connectivity index (χ3n) is 3.59. The van der Waals surface area contributed by atoms with Crippen LogP contribution < -0.4 is 15.0 Å². The average Bonchev–Trinajstić information content (AvgIpc) is 2.45. The number of hydrogen-bond acceptors (Lipinski definition) is 2. The van der Waals surface area contributed by atoms with Crippen LogP contribution in [0.15, 0.2) is 52.7 Å². The molecule has 0 fully saturated rings. The Hall–Kier alpha value is -2.20. The lowest BCUT2D eigenvalue weighted by molar-refractivity contribution is -0.691. The number of nitrogens with zero attached hydrogens (tertiary/aromatic N) is 1. The maximum Gasteiger partial charge on any atom is 0.800 e. The van der Waals surface area contributed by atoms with E-state index in [1.165, 1.54) is 0 Å². The summed E-state index contributed by atoms with van der Waals surface area (Å²) in [6.45, 7) is 9.78. The number of rotatable bonds is 4. The molecule has 110 valence electrons. The predicted octanol–water partition coefficient (Wildman–Crippen LogP) is 3.03. The van der Waals surface area contributed by atoms with Crippen LogP contribution in [0.5, 0.6) is 6.08 Å². The van der Waals surface area contributed by atoms with Crippen molar-refractivity contribution < 1.29 is 13.7 Å². The summed E-state index contributed by atoms with van der Waals surface area (Å²) in [5, 5.41) is 1.05. The molecule has 2 N–H and O–H groups in total. The van der Waals surface area contributed by atoms with Crippen LogP contribution in [0.3, 0.4) is 0 Å². The molecule has 21 heavy (non-hydrogen) atoms. The minimum atomic E-state index is -0.144. The van der Waals surface area contributed by atoms with Crippen molar-refractivity contribution in [3.63, 3.8) is 0 Å². The number of allylic oxidation sites excluding steroid dienone is 1. The van der Waals surface area contributed by atoms with Crippen molar-refractivity contribution in [2.75, 3.05) is 0 Å². The molecule has 1 heterocycles. The Morgan fingerprint density at radius 2 is 2.10 bits per heavy atom. The van der Waals surface area contributed by atoms with Crippen LogP contribution in [0.2, 0.25) is 0 Å². The SMILES string of the molecule is C=C(Oc1[o+]c2ccccc2c(C)[n+]1C)/C(=C\C)C(C)N. The number of aromatic nitrogens is 1. The van der Waals surface area contributed by atoms with Gasteiger partial charge in [0, 0.05) is 24.6 Å². The fourth-order valence-corrected chi connectivity index (χ4v) is 2.27. The molecule has 1 unspecified atom stereocenters. The zero-order valence-electron chi connectivity index (χ0n) is 13.0. The van der Waals surface area contributed by atoms with Crippen LogP contribution in [0.25, 0.3) is 11.0 Å². The van der Waals surface area contributed by atoms with Gasteiger partial charge < -0.3 is 5.73 Å². The Kier molecular flexibility index (Phi) is 4.38. The van der Waals surface area contributed by atoms with Gasteiger partial charge in [0.15, 0.2) is 7.05 Å². The molecule has 0 aliphatic heterocycles. The molecule has 0 saturated heterocycles. The van der Waals surface area contributed by atoms with E-state index in [1.807, 2.05) is 62.7 Å². The minimum Gasteiger partial charge on any atom is -0.324 e. The molecule has 0 spiro atoms. The van der Waals surface area contributed by atoms with E-state index in [9.17, 15) is 0 Å². The van der Waals surface area contributed by atoms with Crippen molar-refractivity contribution in [3.8, 4) is 6.08 Å². The smallest absolute Gasteiger partial charge is 0.324 e. The molecule has 0 saturated carbocycles. The highest BCUT2D eigenvalue weighted by Crippen LogP contribution is 2.22. The first kappa shape index (κ1) is 15.2. The number of aryl methyl sites for hydroxylation is 1. The minimum absolute atomic E-state index is 0.144. The summed E-state index contributed by atoms with van der Waals surface area (Å²) in [5.74, 6) is 0.501. The van der Waals surface area contributed by atoms with Crippen LogP contribution >= 0.6 is 0 Å². The van der Waals surface area contributed by atoms with Gasteiger partial charge in [-0.2, -0.15) is 0 Å². The van der Waals surface area contributed by atoms with Crippen molar-refractivity contribution in [3.05, 3.63) is 53.9 Å². The maximum atomic E-state index is 5.91.